The number of thioether (sulfide) groups is 1. The lowest BCUT2D eigenvalue weighted by Gasteiger charge is -2.40. The fourth-order valence-electron chi connectivity index (χ4n) is 9.25. The first-order valence-electron chi connectivity index (χ1n) is 22.7. The lowest BCUT2D eigenvalue weighted by Crippen LogP contribution is -2.46. The summed E-state index contributed by atoms with van der Waals surface area (Å²) in [6, 6.07) is 27.4. The smallest absolute Gasteiger partial charge is 0.369 e. The molecule has 1 aromatic heterocycles. The number of rotatable bonds is 16. The number of likely N-dealkylation sites (tertiary alicyclic amines) is 1. The van der Waals surface area contributed by atoms with E-state index in [1.54, 1.807) is 4.90 Å². The second-order valence-corrected chi connectivity index (χ2v) is 22.2. The van der Waals surface area contributed by atoms with Crippen LogP contribution in [0, 0.1) is 0 Å². The number of alkyl halides is 3. The second kappa shape index (κ2) is 21.1. The zero-order chi connectivity index (χ0) is 47.3. The van der Waals surface area contributed by atoms with Gasteiger partial charge >= 0.3 is 5.51 Å². The van der Waals surface area contributed by atoms with E-state index in [1.807, 2.05) is 61.5 Å². The molecule has 0 atom stereocenters. The van der Waals surface area contributed by atoms with Crippen LogP contribution in [-0.2, 0) is 39.4 Å². The molecule has 8 rings (SSSR count). The standard InChI is InChI=1S/C48H56ClF3N8O4S3/c1-3-21-60(34-65-40-10-7-9-39(29-40)58-27-25-56(4-2)26-28-58)45-17-16-41(30-46(45)66(61,62)48(50,51)52)67(63,64)55-47-43-20-24-59(32-44(43)53-33-54-47)38-18-22-57(23-19-38)31-36-8-5-6-11-42(36)35-12-14-37(49)15-13-35/h5-17,29-30,33,38H,3-4,18-28,31-32,34H2,1-2H3,(H,53,54,55). The van der Waals surface area contributed by atoms with E-state index < -0.39 is 35.2 Å². The Kier molecular flexibility index (Phi) is 15.4. The summed E-state index contributed by atoms with van der Waals surface area (Å²) in [5.74, 6) is 0.135. The Bertz CT molecular complexity index is 2740. The van der Waals surface area contributed by atoms with Gasteiger partial charge in [0.15, 0.2) is 0 Å². The Balaban J connectivity index is 0.950. The largest absolute Gasteiger partial charge is 0.501 e. The normalized spacial score (nSPS) is 17.1. The van der Waals surface area contributed by atoms with E-state index >= 15 is 0 Å². The molecule has 1 N–H and O–H groups in total. The van der Waals surface area contributed by atoms with Crippen LogP contribution < -0.4 is 14.5 Å². The number of aromatic nitrogens is 2. The number of sulfone groups is 1. The van der Waals surface area contributed by atoms with Gasteiger partial charge in [0, 0.05) is 79.6 Å². The molecule has 19 heteroatoms. The number of benzene rings is 4. The van der Waals surface area contributed by atoms with Gasteiger partial charge in [-0.1, -0.05) is 67.9 Å². The number of sulfonamides is 1. The Hall–Kier alpha value is -4.43. The van der Waals surface area contributed by atoms with Crippen molar-refractivity contribution in [1.82, 2.24) is 24.7 Å². The molecule has 3 aliphatic rings. The number of nitrogens with zero attached hydrogens (tertiary/aromatic N) is 7. The van der Waals surface area contributed by atoms with Crippen LogP contribution in [-0.4, -0.2) is 118 Å². The van der Waals surface area contributed by atoms with Gasteiger partial charge in [-0.25, -0.2) is 26.8 Å². The summed E-state index contributed by atoms with van der Waals surface area (Å²) in [6.07, 6.45) is 4.09. The minimum Gasteiger partial charge on any atom is -0.369 e. The van der Waals surface area contributed by atoms with Crippen molar-refractivity contribution in [2.75, 3.05) is 79.3 Å². The van der Waals surface area contributed by atoms with Crippen LogP contribution in [0.25, 0.3) is 11.1 Å². The van der Waals surface area contributed by atoms with Crippen LogP contribution in [0.1, 0.15) is 49.9 Å². The number of hydrogen-bond donors (Lipinski definition) is 1. The predicted octanol–water partition coefficient (Wildman–Crippen LogP) is 9.02. The number of halogens is 4. The van der Waals surface area contributed by atoms with Crippen LogP contribution in [0.3, 0.4) is 0 Å². The van der Waals surface area contributed by atoms with Gasteiger partial charge in [-0.2, -0.15) is 13.2 Å². The highest BCUT2D eigenvalue weighted by Gasteiger charge is 2.49. The van der Waals surface area contributed by atoms with Crippen molar-refractivity contribution in [2.45, 2.75) is 78.9 Å². The van der Waals surface area contributed by atoms with E-state index in [9.17, 15) is 30.0 Å². The van der Waals surface area contributed by atoms with Crippen LogP contribution in [0.4, 0.5) is 30.4 Å². The Morgan fingerprint density at radius 2 is 1.58 bits per heavy atom. The number of piperidine rings is 1. The lowest BCUT2D eigenvalue weighted by atomic mass is 9.96. The first-order chi connectivity index (χ1) is 32.1. The fraction of sp³-hybridized carbons (Fsp3) is 0.417. The highest BCUT2D eigenvalue weighted by atomic mass is 35.5. The Morgan fingerprint density at radius 3 is 2.30 bits per heavy atom. The molecule has 0 aliphatic carbocycles. The molecule has 3 aliphatic heterocycles. The van der Waals surface area contributed by atoms with Gasteiger partial charge in [0.1, 0.15) is 17.0 Å². The highest BCUT2D eigenvalue weighted by molar-refractivity contribution is 7.99. The van der Waals surface area contributed by atoms with Crippen LogP contribution in [0.5, 0.6) is 0 Å². The summed E-state index contributed by atoms with van der Waals surface area (Å²) in [5.41, 5.74) is -0.0753. The minimum atomic E-state index is -5.99. The van der Waals surface area contributed by atoms with Gasteiger partial charge in [0.05, 0.1) is 22.2 Å². The zero-order valence-corrected chi connectivity index (χ0v) is 40.8. The predicted molar refractivity (Wildman–Crippen MR) is 261 cm³/mol. The zero-order valence-electron chi connectivity index (χ0n) is 37.6. The maximum Gasteiger partial charge on any atom is 0.501 e. The number of likely N-dealkylation sites (N-methyl/N-ethyl adjacent to an activating group) is 1. The van der Waals surface area contributed by atoms with Crippen molar-refractivity contribution in [2.24, 2.45) is 0 Å². The SMILES string of the molecule is CCCN(CSc1cccc(N2CCN(CC)CC2)c1)c1ccc(S(=O)(=O)Nc2ncnc3c2CCN(C2CCN(Cc4ccccc4-c4ccc(Cl)cc4)CC2)C3)cc1S(=O)(=O)C(F)(F)F. The van der Waals surface area contributed by atoms with E-state index in [1.165, 1.54) is 29.2 Å². The third kappa shape index (κ3) is 11.4. The highest BCUT2D eigenvalue weighted by Crippen LogP contribution is 2.39. The molecule has 358 valence electrons. The average Bonchev–Trinajstić information content (AvgIpc) is 3.33. The van der Waals surface area contributed by atoms with Crippen molar-refractivity contribution in [3.8, 4) is 11.1 Å². The van der Waals surface area contributed by atoms with E-state index in [-0.39, 0.29) is 23.9 Å². The van der Waals surface area contributed by atoms with Gasteiger partial charge in [0.25, 0.3) is 19.9 Å². The molecule has 0 amide bonds. The Morgan fingerprint density at radius 1 is 0.836 bits per heavy atom. The molecule has 4 heterocycles. The van der Waals surface area contributed by atoms with Gasteiger partial charge < -0.3 is 14.7 Å². The van der Waals surface area contributed by atoms with Gasteiger partial charge in [-0.15, -0.1) is 11.8 Å². The van der Waals surface area contributed by atoms with Gasteiger partial charge in [-0.3, -0.25) is 14.5 Å². The first kappa shape index (κ1) is 49.0. The molecule has 2 fully saturated rings. The number of fused-ring (bicyclic) bond motifs is 1. The summed E-state index contributed by atoms with van der Waals surface area (Å²) >= 11 is 7.52. The summed E-state index contributed by atoms with van der Waals surface area (Å²) < 4.78 is 100. The maximum absolute atomic E-state index is 14.4. The molecule has 12 nitrogen and oxygen atoms in total. The summed E-state index contributed by atoms with van der Waals surface area (Å²) in [5, 5.41) is 0.698. The monoisotopic (exact) mass is 996 g/mol. The quantitative estimate of drug-likeness (QED) is 0.0750. The molecule has 0 bridgehead atoms. The molecule has 2 saturated heterocycles. The third-order valence-electron chi connectivity index (χ3n) is 13.0. The van der Waals surface area contributed by atoms with Crippen LogP contribution in [0.15, 0.2) is 112 Å². The number of hydrogen-bond acceptors (Lipinski definition) is 12. The Labute approximate surface area is 401 Å². The second-order valence-electron chi connectivity index (χ2n) is 17.2. The molecule has 4 aromatic carbocycles. The van der Waals surface area contributed by atoms with Gasteiger partial charge in [0.2, 0.25) is 0 Å². The number of piperazine rings is 1. The summed E-state index contributed by atoms with van der Waals surface area (Å²) in [7, 11) is -10.6. The van der Waals surface area contributed by atoms with E-state index in [4.69, 9.17) is 11.6 Å². The van der Waals surface area contributed by atoms with E-state index in [0.717, 1.165) is 93.5 Å². The van der Waals surface area contributed by atoms with Crippen LogP contribution >= 0.6 is 23.4 Å². The summed E-state index contributed by atoms with van der Waals surface area (Å²) in [6.45, 7) is 12.6. The third-order valence-corrected chi connectivity index (χ3v) is 17.1. The van der Waals surface area contributed by atoms with Crippen molar-refractivity contribution in [1.29, 1.82) is 0 Å². The molecular formula is C48H56ClF3N8O4S3. The maximum atomic E-state index is 14.4. The fourth-order valence-corrected chi connectivity index (χ4v) is 12.5. The van der Waals surface area contributed by atoms with Gasteiger partial charge in [-0.05, 0) is 111 Å². The number of nitrogens with one attached hydrogen (secondary N) is 1. The molecule has 0 unspecified atom stereocenters. The molecule has 67 heavy (non-hydrogen) atoms. The average molecular weight is 998 g/mol. The first-order valence-corrected chi connectivity index (χ1v) is 27.0. The van der Waals surface area contributed by atoms with E-state index in [2.05, 4.69) is 59.4 Å². The van der Waals surface area contributed by atoms with Crippen molar-refractivity contribution >= 4 is 60.4 Å². The van der Waals surface area contributed by atoms with Crippen LogP contribution in [0.2, 0.25) is 5.02 Å². The molecule has 0 spiro atoms. The molecule has 0 radical (unpaired) electrons. The van der Waals surface area contributed by atoms with Crippen molar-refractivity contribution < 1.29 is 30.0 Å². The summed E-state index contributed by atoms with van der Waals surface area (Å²) in [4.78, 5) is 18.9. The topological polar surface area (TPSA) is 122 Å². The van der Waals surface area contributed by atoms with Crippen molar-refractivity contribution in [3.05, 3.63) is 119 Å². The molecule has 0 saturated carbocycles. The number of anilines is 3. The molecular weight excluding hydrogens is 941 g/mol. The molecule has 5 aromatic rings. The van der Waals surface area contributed by atoms with E-state index in [0.29, 0.717) is 54.3 Å². The minimum absolute atomic E-state index is 0.0154. The van der Waals surface area contributed by atoms with Crippen molar-refractivity contribution in [3.63, 3.8) is 0 Å². The lowest BCUT2D eigenvalue weighted by molar-refractivity contribution is -0.0435.